The van der Waals surface area contributed by atoms with Crippen LogP contribution in [0.5, 0.6) is 0 Å². The first kappa shape index (κ1) is 30.1. The van der Waals surface area contributed by atoms with Crippen molar-refractivity contribution in [2.24, 2.45) is 11.8 Å². The van der Waals surface area contributed by atoms with Gasteiger partial charge in [0.15, 0.2) is 0 Å². The molecular weight excluding hydrogens is 533 g/mol. The first-order valence-corrected chi connectivity index (χ1v) is 18.0. The maximum Gasteiger partial charge on any atom is 0.0642 e. The summed E-state index contributed by atoms with van der Waals surface area (Å²) in [5.74, 6) is 7.13. The summed E-state index contributed by atoms with van der Waals surface area (Å²) < 4.78 is 1.55. The molecule has 2 unspecified atom stereocenters. The summed E-state index contributed by atoms with van der Waals surface area (Å²) in [7, 11) is 0. The summed E-state index contributed by atoms with van der Waals surface area (Å²) in [6, 6.07) is 22.0. The lowest BCUT2D eigenvalue weighted by Gasteiger charge is -2.17. The Hall–Kier alpha value is -0.460. The smallest absolute Gasteiger partial charge is 0.0642 e. The van der Waals surface area contributed by atoms with E-state index in [1.54, 1.807) is 14.7 Å². The number of hydrogen-bond donors (Lipinski definition) is 1. The van der Waals surface area contributed by atoms with Crippen molar-refractivity contribution in [2.75, 3.05) is 28.8 Å². The number of hydrogen-bond acceptors (Lipinski definition) is 5. The number of thiol groups is 1. The van der Waals surface area contributed by atoms with E-state index in [0.29, 0.717) is 11.8 Å². The Kier molecular flexibility index (Phi) is 15.0. The molecule has 1 aromatic heterocycles. The summed E-state index contributed by atoms with van der Waals surface area (Å²) >= 11 is 13.0. The van der Waals surface area contributed by atoms with Gasteiger partial charge in [0.1, 0.15) is 0 Å². The lowest BCUT2D eigenvalue weighted by molar-refractivity contribution is 0.669. The minimum Gasteiger partial charge on any atom is -0.179 e. The van der Waals surface area contributed by atoms with E-state index >= 15 is 0 Å². The van der Waals surface area contributed by atoms with E-state index in [4.69, 9.17) is 12.6 Å². The van der Waals surface area contributed by atoms with Gasteiger partial charge < -0.3 is 0 Å². The molecule has 3 rings (SSSR count). The number of benzene rings is 2. The monoisotopic (exact) mass is 574 g/mol. The van der Waals surface area contributed by atoms with Crippen molar-refractivity contribution in [1.82, 2.24) is 0 Å². The van der Waals surface area contributed by atoms with Crippen molar-refractivity contribution in [2.45, 2.75) is 61.5 Å². The third-order valence-electron chi connectivity index (χ3n) is 6.22. The van der Waals surface area contributed by atoms with Crippen molar-refractivity contribution in [1.29, 1.82) is 0 Å². The lowest BCUT2D eigenvalue weighted by Crippen LogP contribution is -2.11. The van der Waals surface area contributed by atoms with Gasteiger partial charge in [0.25, 0.3) is 0 Å². The van der Waals surface area contributed by atoms with E-state index in [9.17, 15) is 0 Å². The largest absolute Gasteiger partial charge is 0.179 e. The van der Waals surface area contributed by atoms with Crippen molar-refractivity contribution in [3.8, 4) is 0 Å². The summed E-state index contributed by atoms with van der Waals surface area (Å²) in [5, 5.41) is 2.45. The van der Waals surface area contributed by atoms with E-state index in [-0.39, 0.29) is 0 Å². The highest BCUT2D eigenvalue weighted by atomic mass is 32.2. The van der Waals surface area contributed by atoms with Crippen LogP contribution in [0, 0.1) is 11.8 Å². The minimum absolute atomic E-state index is 0.601. The van der Waals surface area contributed by atoms with Crippen molar-refractivity contribution in [3.63, 3.8) is 0 Å². The highest BCUT2D eigenvalue weighted by molar-refractivity contribution is 8.02. The second-order valence-electron chi connectivity index (χ2n) is 9.46. The molecule has 0 aliphatic heterocycles. The fourth-order valence-electron chi connectivity index (χ4n) is 4.20. The van der Waals surface area contributed by atoms with Crippen LogP contribution >= 0.6 is 59.3 Å². The Labute approximate surface area is 242 Å². The molecule has 1 heterocycles. The average molecular weight is 575 g/mol. The quantitative estimate of drug-likeness (QED) is 0.0912. The van der Waals surface area contributed by atoms with E-state index in [1.807, 2.05) is 11.3 Å². The molecule has 0 bridgehead atoms. The van der Waals surface area contributed by atoms with Crippen LogP contribution in [0.25, 0.3) is 0 Å². The fraction of sp³-hybridized carbons (Fsp3) is 0.484. The highest BCUT2D eigenvalue weighted by Crippen LogP contribution is 2.40. The number of thioether (sulfide) groups is 3. The van der Waals surface area contributed by atoms with Crippen LogP contribution in [0.15, 0.2) is 75.1 Å². The predicted octanol–water partition coefficient (Wildman–Crippen LogP) is 10.1. The maximum absolute atomic E-state index is 4.70. The molecule has 0 radical (unpaired) electrons. The highest BCUT2D eigenvalue weighted by Gasteiger charge is 2.18. The van der Waals surface area contributed by atoms with Gasteiger partial charge >= 0.3 is 0 Å². The fourth-order valence-corrected chi connectivity index (χ4v) is 9.73. The Morgan fingerprint density at radius 3 is 2.03 bits per heavy atom. The number of rotatable bonds is 18. The van der Waals surface area contributed by atoms with Gasteiger partial charge in [-0.25, -0.2) is 0 Å². The molecule has 3 aromatic rings. The van der Waals surface area contributed by atoms with Gasteiger partial charge in [-0.3, -0.25) is 0 Å². The predicted molar refractivity (Wildman–Crippen MR) is 173 cm³/mol. The molecule has 196 valence electrons. The van der Waals surface area contributed by atoms with E-state index < -0.39 is 0 Å². The third-order valence-corrected chi connectivity index (χ3v) is 12.2. The van der Waals surface area contributed by atoms with Crippen molar-refractivity contribution in [3.05, 3.63) is 82.7 Å². The Morgan fingerprint density at radius 2 is 1.42 bits per heavy atom. The first-order chi connectivity index (χ1) is 17.7. The van der Waals surface area contributed by atoms with E-state index in [2.05, 4.69) is 115 Å². The molecule has 0 amide bonds. The van der Waals surface area contributed by atoms with Gasteiger partial charge in [-0.1, -0.05) is 80.9 Å². The number of unbranched alkanes of at least 4 members (excludes halogenated alkanes) is 1. The molecule has 36 heavy (non-hydrogen) atoms. The summed E-state index contributed by atoms with van der Waals surface area (Å²) in [6.07, 6.45) is 7.30. The summed E-state index contributed by atoms with van der Waals surface area (Å²) in [6.45, 7) is 4.60. The zero-order valence-electron chi connectivity index (χ0n) is 21.9. The van der Waals surface area contributed by atoms with Crippen LogP contribution in [0.3, 0.4) is 0 Å². The van der Waals surface area contributed by atoms with Gasteiger partial charge in [0.2, 0.25) is 0 Å². The molecule has 0 fully saturated rings. The summed E-state index contributed by atoms with van der Waals surface area (Å²) in [4.78, 5) is 1.54. The van der Waals surface area contributed by atoms with Crippen LogP contribution < -0.4 is 0 Å². The molecule has 0 aliphatic rings. The van der Waals surface area contributed by atoms with Gasteiger partial charge in [0, 0.05) is 21.8 Å². The molecule has 5 heteroatoms. The normalized spacial score (nSPS) is 13.1. The Morgan fingerprint density at radius 1 is 0.778 bits per heavy atom. The lowest BCUT2D eigenvalue weighted by atomic mass is 10.0. The van der Waals surface area contributed by atoms with Crippen molar-refractivity contribution < 1.29 is 0 Å². The second-order valence-corrected chi connectivity index (χ2v) is 14.2. The maximum atomic E-state index is 4.70. The second kappa shape index (κ2) is 17.9. The van der Waals surface area contributed by atoms with E-state index in [0.717, 1.165) is 17.9 Å². The number of thiophene rings is 1. The van der Waals surface area contributed by atoms with Gasteiger partial charge in [-0.2, -0.15) is 24.4 Å². The minimum atomic E-state index is 0.601. The average Bonchev–Trinajstić information content (AvgIpc) is 3.31. The molecule has 2 aromatic carbocycles. The van der Waals surface area contributed by atoms with Crippen LogP contribution in [0.2, 0.25) is 0 Å². The summed E-state index contributed by atoms with van der Waals surface area (Å²) in [5.41, 5.74) is 4.52. The topological polar surface area (TPSA) is 0 Å². The SMILES string of the molecule is CCCCc1c(SCC(CSCCC)Cc2ccccc2)csc1SCC(CS)Cc1ccccc1. The standard InChI is InChI=1S/C31H42S5/c1-3-5-16-29-30(34-23-28(21-33-17-4-2)19-26-14-10-7-11-15-26)24-36-31(29)35-22-27(20-32)18-25-12-8-6-9-13-25/h6-15,24,27-28,32H,3-5,16-23H2,1-2H3. The Balaban J connectivity index is 1.63. The van der Waals surface area contributed by atoms with Gasteiger partial charge in [-0.15, -0.1) is 34.9 Å². The molecule has 0 aliphatic carbocycles. The molecule has 0 nitrogen and oxygen atoms in total. The van der Waals surface area contributed by atoms with E-state index in [1.165, 1.54) is 60.5 Å². The van der Waals surface area contributed by atoms with Crippen LogP contribution in [-0.4, -0.2) is 28.8 Å². The molecule has 0 spiro atoms. The van der Waals surface area contributed by atoms with Crippen molar-refractivity contribution >= 4 is 59.3 Å². The van der Waals surface area contributed by atoms with Crippen LogP contribution in [0.4, 0.5) is 0 Å². The molecule has 0 saturated carbocycles. The van der Waals surface area contributed by atoms with Crippen LogP contribution in [-0.2, 0) is 19.3 Å². The van der Waals surface area contributed by atoms with Gasteiger partial charge in [-0.05, 0) is 77.9 Å². The molecule has 0 saturated heterocycles. The molecule has 0 N–H and O–H groups in total. The third kappa shape index (κ3) is 10.7. The Bertz CT molecular complexity index is 954. The first-order valence-electron chi connectivity index (χ1n) is 13.4. The van der Waals surface area contributed by atoms with Gasteiger partial charge in [0.05, 0.1) is 4.21 Å². The zero-order valence-corrected chi connectivity index (χ0v) is 26.0. The zero-order chi connectivity index (χ0) is 25.4. The molecule has 2 atom stereocenters. The van der Waals surface area contributed by atoms with Crippen LogP contribution in [0.1, 0.15) is 49.8 Å². The molecular formula is C31H42S5.